The Balaban J connectivity index is 1.83. The molecule has 0 radical (unpaired) electrons. The van der Waals surface area contributed by atoms with E-state index in [4.69, 9.17) is 5.73 Å². The fraction of sp³-hybridized carbons (Fsp3) is 0.286. The maximum atomic E-state index is 10.8. The van der Waals surface area contributed by atoms with E-state index in [1.54, 1.807) is 23.5 Å². The monoisotopic (exact) mass is 289 g/mol. The van der Waals surface area contributed by atoms with Crippen molar-refractivity contribution in [3.05, 3.63) is 50.2 Å². The van der Waals surface area contributed by atoms with Crippen molar-refractivity contribution in [3.63, 3.8) is 0 Å². The Morgan fingerprint density at radius 2 is 2.25 bits per heavy atom. The van der Waals surface area contributed by atoms with Crippen LogP contribution in [0.25, 0.3) is 0 Å². The van der Waals surface area contributed by atoms with E-state index in [1.165, 1.54) is 16.5 Å². The van der Waals surface area contributed by atoms with Gasteiger partial charge in [-0.2, -0.15) is 0 Å². The number of nitrogen functional groups attached to an aromatic ring is 1. The first-order valence-electron chi connectivity index (χ1n) is 6.52. The highest BCUT2D eigenvalue weighted by atomic mass is 32.1. The number of thiophene rings is 1. The molecule has 1 atom stereocenters. The lowest BCUT2D eigenvalue weighted by molar-refractivity contribution is -0.383. The number of nitrogens with one attached hydrogen (secondary N) is 1. The second kappa shape index (κ2) is 5.13. The number of aryl methyl sites for hydroxylation is 1. The molecule has 2 aromatic rings. The molecular formula is C14H15N3O2S. The molecule has 0 saturated carbocycles. The second-order valence-corrected chi connectivity index (χ2v) is 5.92. The summed E-state index contributed by atoms with van der Waals surface area (Å²) in [5.41, 5.74) is 8.05. The third-order valence-electron chi connectivity index (χ3n) is 3.62. The van der Waals surface area contributed by atoms with Crippen LogP contribution in [0.3, 0.4) is 0 Å². The number of nitrogens with zero attached hydrogens (tertiary/aromatic N) is 1. The van der Waals surface area contributed by atoms with Crippen molar-refractivity contribution in [1.29, 1.82) is 0 Å². The Hall–Kier alpha value is -2.08. The maximum absolute atomic E-state index is 10.8. The van der Waals surface area contributed by atoms with E-state index in [9.17, 15) is 10.1 Å². The minimum absolute atomic E-state index is 0.0459. The summed E-state index contributed by atoms with van der Waals surface area (Å²) in [5.74, 6) is 0. The van der Waals surface area contributed by atoms with Crippen LogP contribution >= 0.6 is 11.3 Å². The van der Waals surface area contributed by atoms with Crippen molar-refractivity contribution in [3.8, 4) is 0 Å². The van der Waals surface area contributed by atoms with Crippen LogP contribution in [0, 0.1) is 10.1 Å². The van der Waals surface area contributed by atoms with Crippen molar-refractivity contribution in [1.82, 2.24) is 0 Å². The predicted octanol–water partition coefficient (Wildman–Crippen LogP) is 3.73. The number of hydrogen-bond donors (Lipinski definition) is 2. The molecule has 1 aromatic carbocycles. The summed E-state index contributed by atoms with van der Waals surface area (Å²) in [5, 5.41) is 16.3. The molecular weight excluding hydrogens is 274 g/mol. The summed E-state index contributed by atoms with van der Waals surface area (Å²) in [4.78, 5) is 11.7. The predicted molar refractivity (Wildman–Crippen MR) is 81.1 cm³/mol. The van der Waals surface area contributed by atoms with Gasteiger partial charge in [-0.25, -0.2) is 0 Å². The molecule has 3 rings (SSSR count). The van der Waals surface area contributed by atoms with Gasteiger partial charge in [0.05, 0.1) is 11.0 Å². The van der Waals surface area contributed by atoms with Gasteiger partial charge in [0.15, 0.2) is 0 Å². The number of nitro groups is 1. The molecule has 1 aliphatic carbocycles. The van der Waals surface area contributed by atoms with Gasteiger partial charge in [0.25, 0.3) is 5.69 Å². The van der Waals surface area contributed by atoms with Gasteiger partial charge < -0.3 is 11.1 Å². The maximum Gasteiger partial charge on any atom is 0.292 e. The number of nitrogens with two attached hydrogens (primary N) is 1. The molecule has 0 bridgehead atoms. The quantitative estimate of drug-likeness (QED) is 0.512. The second-order valence-electron chi connectivity index (χ2n) is 4.92. The van der Waals surface area contributed by atoms with E-state index in [2.05, 4.69) is 16.8 Å². The van der Waals surface area contributed by atoms with Gasteiger partial charge in [-0.05, 0) is 48.4 Å². The molecule has 0 saturated heterocycles. The van der Waals surface area contributed by atoms with Crippen molar-refractivity contribution >= 4 is 28.4 Å². The lowest BCUT2D eigenvalue weighted by Gasteiger charge is -2.24. The zero-order chi connectivity index (χ0) is 14.1. The molecule has 1 aromatic heterocycles. The first-order valence-corrected chi connectivity index (χ1v) is 7.40. The Morgan fingerprint density at radius 3 is 3.00 bits per heavy atom. The van der Waals surface area contributed by atoms with Gasteiger partial charge in [0.2, 0.25) is 0 Å². The molecule has 0 fully saturated rings. The number of benzene rings is 1. The molecule has 104 valence electrons. The SMILES string of the molecule is Nc1cc(NC2CCCc3sccc32)ccc1[N+](=O)[O-]. The van der Waals surface area contributed by atoms with Crippen molar-refractivity contribution in [2.24, 2.45) is 0 Å². The van der Waals surface area contributed by atoms with Crippen LogP contribution in [-0.4, -0.2) is 4.92 Å². The third kappa shape index (κ3) is 2.34. The first kappa shape index (κ1) is 12.9. The third-order valence-corrected chi connectivity index (χ3v) is 4.61. The number of rotatable bonds is 3. The Kier molecular flexibility index (Phi) is 3.31. The molecule has 0 amide bonds. The highest BCUT2D eigenvalue weighted by molar-refractivity contribution is 7.10. The summed E-state index contributed by atoms with van der Waals surface area (Å²) in [6.07, 6.45) is 3.38. The van der Waals surface area contributed by atoms with Crippen LogP contribution in [0.4, 0.5) is 17.1 Å². The van der Waals surface area contributed by atoms with E-state index < -0.39 is 4.92 Å². The molecule has 5 nitrogen and oxygen atoms in total. The van der Waals surface area contributed by atoms with Crippen LogP contribution < -0.4 is 11.1 Å². The Morgan fingerprint density at radius 1 is 1.40 bits per heavy atom. The molecule has 6 heteroatoms. The van der Waals surface area contributed by atoms with Crippen molar-refractivity contribution in [2.75, 3.05) is 11.1 Å². The summed E-state index contributed by atoms with van der Waals surface area (Å²) in [6, 6.07) is 7.24. The summed E-state index contributed by atoms with van der Waals surface area (Å²) in [6.45, 7) is 0. The molecule has 20 heavy (non-hydrogen) atoms. The van der Waals surface area contributed by atoms with Crippen LogP contribution in [0.1, 0.15) is 29.3 Å². The largest absolute Gasteiger partial charge is 0.393 e. The Bertz CT molecular complexity index is 654. The average molecular weight is 289 g/mol. The van der Waals surface area contributed by atoms with E-state index in [0.29, 0.717) is 0 Å². The van der Waals surface area contributed by atoms with Crippen LogP contribution in [0.15, 0.2) is 29.6 Å². The van der Waals surface area contributed by atoms with E-state index in [1.807, 2.05) is 0 Å². The smallest absolute Gasteiger partial charge is 0.292 e. The summed E-state index contributed by atoms with van der Waals surface area (Å²) >= 11 is 1.80. The summed E-state index contributed by atoms with van der Waals surface area (Å²) in [7, 11) is 0. The first-order chi connectivity index (χ1) is 9.65. The topological polar surface area (TPSA) is 81.2 Å². The normalized spacial score (nSPS) is 17.5. The molecule has 0 spiro atoms. The molecule has 1 aliphatic rings. The van der Waals surface area contributed by atoms with Gasteiger partial charge in [0.1, 0.15) is 5.69 Å². The fourth-order valence-electron chi connectivity index (χ4n) is 2.65. The number of hydrogen-bond acceptors (Lipinski definition) is 5. The van der Waals surface area contributed by atoms with Gasteiger partial charge in [-0.3, -0.25) is 10.1 Å². The molecule has 1 heterocycles. The van der Waals surface area contributed by atoms with Gasteiger partial charge in [-0.1, -0.05) is 0 Å². The Labute approximate surface area is 120 Å². The zero-order valence-corrected chi connectivity index (χ0v) is 11.7. The number of nitro benzene ring substituents is 1. The minimum atomic E-state index is -0.462. The van der Waals surface area contributed by atoms with E-state index >= 15 is 0 Å². The zero-order valence-electron chi connectivity index (χ0n) is 10.8. The lowest BCUT2D eigenvalue weighted by atomic mass is 9.94. The molecule has 3 N–H and O–H groups in total. The van der Waals surface area contributed by atoms with Gasteiger partial charge in [-0.15, -0.1) is 11.3 Å². The van der Waals surface area contributed by atoms with E-state index in [0.717, 1.165) is 24.9 Å². The highest BCUT2D eigenvalue weighted by Crippen LogP contribution is 2.36. The average Bonchev–Trinajstić information content (AvgIpc) is 2.87. The van der Waals surface area contributed by atoms with Crippen LogP contribution in [0.5, 0.6) is 0 Å². The van der Waals surface area contributed by atoms with Crippen LogP contribution in [-0.2, 0) is 6.42 Å². The highest BCUT2D eigenvalue weighted by Gasteiger charge is 2.21. The standard InChI is InChI=1S/C14H15N3O2S/c15-11-8-9(4-5-13(11)17(18)19)16-12-2-1-3-14-10(12)6-7-20-14/h4-8,12,16H,1-3,15H2. The molecule has 0 aliphatic heterocycles. The summed E-state index contributed by atoms with van der Waals surface area (Å²) < 4.78 is 0. The lowest BCUT2D eigenvalue weighted by Crippen LogP contribution is -2.15. The van der Waals surface area contributed by atoms with Crippen molar-refractivity contribution < 1.29 is 4.92 Å². The van der Waals surface area contributed by atoms with E-state index in [-0.39, 0.29) is 17.4 Å². The fourth-order valence-corrected chi connectivity index (χ4v) is 3.64. The number of fused-ring (bicyclic) bond motifs is 1. The van der Waals surface area contributed by atoms with Crippen LogP contribution in [0.2, 0.25) is 0 Å². The molecule has 1 unspecified atom stereocenters. The van der Waals surface area contributed by atoms with Gasteiger partial charge >= 0.3 is 0 Å². The van der Waals surface area contributed by atoms with Crippen molar-refractivity contribution in [2.45, 2.75) is 25.3 Å². The number of anilines is 2. The van der Waals surface area contributed by atoms with Gasteiger partial charge in [0, 0.05) is 16.6 Å². The minimum Gasteiger partial charge on any atom is -0.393 e.